The van der Waals surface area contributed by atoms with Crippen LogP contribution in [0.4, 0.5) is 0 Å². The maximum Gasteiger partial charge on any atom is 0.235 e. The predicted octanol–water partition coefficient (Wildman–Crippen LogP) is 2.75. The molecule has 0 heterocycles. The van der Waals surface area contributed by atoms with E-state index < -0.39 is 0 Å². The van der Waals surface area contributed by atoms with Crippen LogP contribution in [0.5, 0.6) is 5.75 Å². The molecule has 74 valence electrons. The number of benzene rings is 1. The summed E-state index contributed by atoms with van der Waals surface area (Å²) in [5.41, 5.74) is 0.781. The maximum absolute atomic E-state index is 10.1. The Labute approximate surface area is 87.4 Å². The summed E-state index contributed by atoms with van der Waals surface area (Å²) in [5.74, 6) is 0.556. The lowest BCUT2D eigenvalue weighted by atomic mass is 10.1. The van der Waals surface area contributed by atoms with Crippen molar-refractivity contribution in [1.29, 1.82) is 0 Å². The fourth-order valence-electron chi connectivity index (χ4n) is 1.22. The van der Waals surface area contributed by atoms with Crippen molar-refractivity contribution >= 4 is 17.7 Å². The Balaban J connectivity index is 3.19. The molecular formula is C10H10ClNO2. The highest BCUT2D eigenvalue weighted by molar-refractivity contribution is 6.32. The third-order valence-corrected chi connectivity index (χ3v) is 2.20. The van der Waals surface area contributed by atoms with E-state index in [4.69, 9.17) is 16.3 Å². The number of nitrogens with zero attached hydrogens (tertiary/aromatic N) is 1. The van der Waals surface area contributed by atoms with Crippen LogP contribution in [0.25, 0.3) is 0 Å². The molecule has 1 rings (SSSR count). The Bertz CT molecular complexity index is 372. The van der Waals surface area contributed by atoms with Crippen LogP contribution >= 0.6 is 11.6 Å². The molecule has 0 aliphatic rings. The zero-order valence-corrected chi connectivity index (χ0v) is 8.71. The Morgan fingerprint density at radius 2 is 2.29 bits per heavy atom. The Morgan fingerprint density at radius 3 is 2.86 bits per heavy atom. The van der Waals surface area contributed by atoms with Gasteiger partial charge in [0, 0.05) is 5.56 Å². The molecule has 4 heteroatoms. The molecule has 0 aliphatic heterocycles. The van der Waals surface area contributed by atoms with Crippen LogP contribution in [0.1, 0.15) is 18.5 Å². The third kappa shape index (κ3) is 2.13. The minimum atomic E-state index is -0.291. The standard InChI is InChI=1S/C10H10ClNO2/c1-7(12-6-13)8-4-3-5-9(11)10(8)14-2/h3-5,7H,1-2H3. The molecule has 3 nitrogen and oxygen atoms in total. The van der Waals surface area contributed by atoms with Crippen molar-refractivity contribution in [2.24, 2.45) is 4.99 Å². The number of carbonyl (C=O) groups excluding carboxylic acids is 1. The molecule has 0 saturated carbocycles. The first kappa shape index (κ1) is 10.8. The number of para-hydroxylation sites is 1. The predicted molar refractivity (Wildman–Crippen MR) is 54.5 cm³/mol. The first-order chi connectivity index (χ1) is 6.70. The molecule has 1 unspecified atom stereocenters. The second kappa shape index (κ2) is 4.80. The number of aliphatic imine (C=N–C) groups is 1. The van der Waals surface area contributed by atoms with E-state index >= 15 is 0 Å². The van der Waals surface area contributed by atoms with Crippen LogP contribution in [-0.2, 0) is 4.79 Å². The van der Waals surface area contributed by atoms with Gasteiger partial charge in [-0.25, -0.2) is 4.79 Å². The molecule has 0 spiro atoms. The number of hydrogen-bond acceptors (Lipinski definition) is 3. The van der Waals surface area contributed by atoms with Gasteiger partial charge < -0.3 is 4.74 Å². The number of hydrogen-bond donors (Lipinski definition) is 0. The van der Waals surface area contributed by atoms with Crippen molar-refractivity contribution in [3.8, 4) is 5.75 Å². The Hall–Kier alpha value is -1.31. The quantitative estimate of drug-likeness (QED) is 0.570. The fourth-order valence-corrected chi connectivity index (χ4v) is 1.48. The molecule has 0 fully saturated rings. The molecule has 1 atom stereocenters. The van der Waals surface area contributed by atoms with E-state index in [-0.39, 0.29) is 6.04 Å². The van der Waals surface area contributed by atoms with E-state index in [1.165, 1.54) is 13.2 Å². The first-order valence-electron chi connectivity index (χ1n) is 4.10. The van der Waals surface area contributed by atoms with Gasteiger partial charge in [-0.05, 0) is 13.0 Å². The minimum absolute atomic E-state index is 0.291. The molecule has 14 heavy (non-hydrogen) atoms. The van der Waals surface area contributed by atoms with E-state index in [0.29, 0.717) is 10.8 Å². The van der Waals surface area contributed by atoms with Crippen molar-refractivity contribution in [3.63, 3.8) is 0 Å². The second-order valence-electron chi connectivity index (χ2n) is 2.76. The van der Waals surface area contributed by atoms with E-state index in [1.54, 1.807) is 19.1 Å². The van der Waals surface area contributed by atoms with Gasteiger partial charge in [-0.1, -0.05) is 23.7 Å². The number of methoxy groups -OCH3 is 1. The van der Waals surface area contributed by atoms with Crippen LogP contribution in [-0.4, -0.2) is 13.2 Å². The van der Waals surface area contributed by atoms with Gasteiger partial charge in [-0.2, -0.15) is 4.99 Å². The van der Waals surface area contributed by atoms with Gasteiger partial charge >= 0.3 is 0 Å². The Kier molecular flexibility index (Phi) is 3.69. The zero-order valence-electron chi connectivity index (χ0n) is 7.95. The van der Waals surface area contributed by atoms with E-state index in [2.05, 4.69) is 4.99 Å². The second-order valence-corrected chi connectivity index (χ2v) is 3.17. The number of rotatable bonds is 3. The molecule has 0 bridgehead atoms. The summed E-state index contributed by atoms with van der Waals surface area (Å²) in [6.45, 7) is 1.78. The summed E-state index contributed by atoms with van der Waals surface area (Å²) < 4.78 is 5.12. The van der Waals surface area contributed by atoms with Crippen molar-refractivity contribution < 1.29 is 9.53 Å². The molecule has 1 aromatic carbocycles. The normalized spacial score (nSPS) is 11.6. The van der Waals surface area contributed by atoms with E-state index in [9.17, 15) is 4.79 Å². The number of halogens is 1. The Morgan fingerprint density at radius 1 is 1.57 bits per heavy atom. The van der Waals surface area contributed by atoms with Gasteiger partial charge in [0.15, 0.2) is 0 Å². The minimum Gasteiger partial charge on any atom is -0.495 e. The average Bonchev–Trinajstić information content (AvgIpc) is 2.17. The first-order valence-corrected chi connectivity index (χ1v) is 4.48. The van der Waals surface area contributed by atoms with E-state index in [1.807, 2.05) is 6.07 Å². The summed E-state index contributed by atoms with van der Waals surface area (Å²) in [5, 5.41) is 0.512. The van der Waals surface area contributed by atoms with E-state index in [0.717, 1.165) is 5.56 Å². The highest BCUT2D eigenvalue weighted by Crippen LogP contribution is 2.33. The highest BCUT2D eigenvalue weighted by atomic mass is 35.5. The molecule has 0 aromatic heterocycles. The molecular weight excluding hydrogens is 202 g/mol. The van der Waals surface area contributed by atoms with Crippen molar-refractivity contribution in [3.05, 3.63) is 28.8 Å². The monoisotopic (exact) mass is 211 g/mol. The van der Waals surface area contributed by atoms with Crippen LogP contribution in [0.15, 0.2) is 23.2 Å². The summed E-state index contributed by atoms with van der Waals surface area (Å²) in [7, 11) is 1.53. The molecule has 0 saturated heterocycles. The third-order valence-electron chi connectivity index (χ3n) is 1.90. The topological polar surface area (TPSA) is 38.7 Å². The maximum atomic E-state index is 10.1. The molecule has 0 aliphatic carbocycles. The van der Waals surface area contributed by atoms with Crippen molar-refractivity contribution in [1.82, 2.24) is 0 Å². The van der Waals surface area contributed by atoms with Gasteiger partial charge in [0.1, 0.15) is 5.75 Å². The van der Waals surface area contributed by atoms with Crippen molar-refractivity contribution in [2.75, 3.05) is 7.11 Å². The largest absolute Gasteiger partial charge is 0.495 e. The van der Waals surface area contributed by atoms with Gasteiger partial charge in [0.05, 0.1) is 18.2 Å². The highest BCUT2D eigenvalue weighted by Gasteiger charge is 2.12. The average molecular weight is 212 g/mol. The van der Waals surface area contributed by atoms with Crippen LogP contribution in [0, 0.1) is 0 Å². The summed E-state index contributed by atoms with van der Waals surface area (Å²) in [4.78, 5) is 13.7. The summed E-state index contributed by atoms with van der Waals surface area (Å²) in [6.07, 6.45) is 1.51. The fraction of sp³-hybridized carbons (Fsp3) is 0.300. The van der Waals surface area contributed by atoms with Gasteiger partial charge in [-0.3, -0.25) is 0 Å². The van der Waals surface area contributed by atoms with Crippen LogP contribution in [0.2, 0.25) is 5.02 Å². The SMILES string of the molecule is COc1c(Cl)cccc1C(C)N=C=O. The zero-order chi connectivity index (χ0) is 10.6. The molecule has 0 radical (unpaired) electrons. The van der Waals surface area contributed by atoms with Crippen molar-refractivity contribution in [2.45, 2.75) is 13.0 Å². The lowest BCUT2D eigenvalue weighted by Crippen LogP contribution is -1.95. The lowest BCUT2D eigenvalue weighted by molar-refractivity contribution is 0.407. The van der Waals surface area contributed by atoms with Gasteiger partial charge in [0.2, 0.25) is 6.08 Å². The van der Waals surface area contributed by atoms with Gasteiger partial charge in [0.25, 0.3) is 0 Å². The van der Waals surface area contributed by atoms with Gasteiger partial charge in [-0.15, -0.1) is 0 Å². The summed E-state index contributed by atoms with van der Waals surface area (Å²) in [6, 6.07) is 5.04. The molecule has 1 aromatic rings. The van der Waals surface area contributed by atoms with Crippen LogP contribution in [0.3, 0.4) is 0 Å². The number of ether oxygens (including phenoxy) is 1. The lowest BCUT2D eigenvalue weighted by Gasteiger charge is -2.11. The summed E-state index contributed by atoms with van der Waals surface area (Å²) >= 11 is 5.91. The molecule has 0 N–H and O–H groups in total. The smallest absolute Gasteiger partial charge is 0.235 e. The number of isocyanates is 1. The van der Waals surface area contributed by atoms with Crippen LogP contribution < -0.4 is 4.74 Å². The molecule has 0 amide bonds.